The van der Waals surface area contributed by atoms with Gasteiger partial charge in [0.05, 0.1) is 4.92 Å². The van der Waals surface area contributed by atoms with Crippen LogP contribution >= 0.6 is 15.9 Å². The van der Waals surface area contributed by atoms with Gasteiger partial charge < -0.3 is 0 Å². The summed E-state index contributed by atoms with van der Waals surface area (Å²) in [4.78, 5) is 11.2. The lowest BCUT2D eigenvalue weighted by Gasteiger charge is -2.07. The van der Waals surface area contributed by atoms with Crippen molar-refractivity contribution in [1.82, 2.24) is 9.78 Å². The van der Waals surface area contributed by atoms with Gasteiger partial charge in [-0.2, -0.15) is 5.10 Å². The smallest absolute Gasteiger partial charge is 0.265 e. The lowest BCUT2D eigenvalue weighted by atomic mass is 10.1. The van der Waals surface area contributed by atoms with Crippen LogP contribution in [0.4, 0.5) is 5.69 Å². The minimum absolute atomic E-state index is 0.208. The molecule has 1 atom stereocenters. The Morgan fingerprint density at radius 2 is 2.11 bits per heavy atom. The van der Waals surface area contributed by atoms with Crippen molar-refractivity contribution in [3.63, 3.8) is 0 Å². The lowest BCUT2D eigenvalue weighted by molar-refractivity contribution is -0.386. The van der Waals surface area contributed by atoms with E-state index in [-0.39, 0.29) is 15.4 Å². The lowest BCUT2D eigenvalue weighted by Crippen LogP contribution is -2.09. The molecule has 0 radical (unpaired) electrons. The van der Waals surface area contributed by atoms with Crippen LogP contribution in [0.15, 0.2) is 0 Å². The van der Waals surface area contributed by atoms with E-state index < -0.39 is 0 Å². The summed E-state index contributed by atoms with van der Waals surface area (Å²) in [6, 6.07) is 0. The summed E-state index contributed by atoms with van der Waals surface area (Å²) < 4.78 is 1.66. The molecule has 0 aliphatic heterocycles. The van der Waals surface area contributed by atoms with Crippen molar-refractivity contribution in [1.29, 1.82) is 0 Å². The van der Waals surface area contributed by atoms with E-state index in [1.807, 2.05) is 6.92 Å². The summed E-state index contributed by atoms with van der Waals surface area (Å²) in [5.41, 5.74) is 1.54. The molecule has 5 nitrogen and oxygen atoms in total. The Labute approximate surface area is 116 Å². The number of nitro groups is 1. The number of alkyl halides is 1. The van der Waals surface area contributed by atoms with Gasteiger partial charge >= 0.3 is 5.69 Å². The molecule has 1 aromatic rings. The summed E-state index contributed by atoms with van der Waals surface area (Å²) in [6.07, 6.45) is 4.24. The zero-order valence-electron chi connectivity index (χ0n) is 11.1. The molecule has 1 rings (SSSR count). The highest BCUT2D eigenvalue weighted by molar-refractivity contribution is 9.09. The van der Waals surface area contributed by atoms with E-state index in [4.69, 9.17) is 0 Å². The third kappa shape index (κ3) is 3.54. The monoisotopic (exact) mass is 317 g/mol. The maximum atomic E-state index is 11.2. The first-order valence-corrected chi connectivity index (χ1v) is 7.25. The second-order valence-electron chi connectivity index (χ2n) is 4.46. The molecule has 0 amide bonds. The molecule has 1 heterocycles. The van der Waals surface area contributed by atoms with Crippen LogP contribution < -0.4 is 0 Å². The van der Waals surface area contributed by atoms with Crippen LogP contribution in [0.2, 0.25) is 0 Å². The van der Waals surface area contributed by atoms with E-state index in [0.29, 0.717) is 18.5 Å². The maximum absolute atomic E-state index is 11.2. The minimum atomic E-state index is -0.293. The SMILES string of the molecule is CCCc1nn(C)c(CC(Br)CCC)c1[N+](=O)[O-]. The van der Waals surface area contributed by atoms with E-state index in [2.05, 4.69) is 28.0 Å². The van der Waals surface area contributed by atoms with E-state index in [9.17, 15) is 10.1 Å². The average molecular weight is 318 g/mol. The van der Waals surface area contributed by atoms with E-state index in [1.54, 1.807) is 11.7 Å². The average Bonchev–Trinajstić information content (AvgIpc) is 2.56. The number of aryl methyl sites for hydroxylation is 2. The molecule has 0 aliphatic rings. The van der Waals surface area contributed by atoms with Crippen LogP contribution in [0.5, 0.6) is 0 Å². The van der Waals surface area contributed by atoms with Crippen LogP contribution in [0.25, 0.3) is 0 Å². The molecular weight excluding hydrogens is 298 g/mol. The topological polar surface area (TPSA) is 61.0 Å². The molecule has 18 heavy (non-hydrogen) atoms. The zero-order chi connectivity index (χ0) is 13.7. The fourth-order valence-electron chi connectivity index (χ4n) is 2.08. The van der Waals surface area contributed by atoms with Gasteiger partial charge in [-0.15, -0.1) is 0 Å². The standard InChI is InChI=1S/C12H20BrN3O2/c1-4-6-9(13)8-11-12(16(17)18)10(7-5-2)14-15(11)3/h9H,4-8H2,1-3H3. The first-order chi connectivity index (χ1) is 8.51. The highest BCUT2D eigenvalue weighted by Crippen LogP contribution is 2.27. The van der Waals surface area contributed by atoms with Gasteiger partial charge in [0.15, 0.2) is 0 Å². The Kier molecular flexibility index (Phi) is 5.78. The van der Waals surface area contributed by atoms with Gasteiger partial charge in [0, 0.05) is 18.3 Å². The summed E-state index contributed by atoms with van der Waals surface area (Å²) in [6.45, 7) is 4.11. The number of rotatable bonds is 7. The Balaban J connectivity index is 3.05. The first-order valence-electron chi connectivity index (χ1n) is 6.34. The summed E-state index contributed by atoms with van der Waals surface area (Å²) in [7, 11) is 1.78. The Morgan fingerprint density at radius 3 is 2.61 bits per heavy atom. The maximum Gasteiger partial charge on any atom is 0.313 e. The van der Waals surface area contributed by atoms with Gasteiger partial charge in [0.1, 0.15) is 11.4 Å². The van der Waals surface area contributed by atoms with Gasteiger partial charge in [0.25, 0.3) is 0 Å². The molecule has 0 spiro atoms. The number of hydrogen-bond acceptors (Lipinski definition) is 3. The van der Waals surface area contributed by atoms with Crippen molar-refractivity contribution in [2.45, 2.75) is 50.8 Å². The predicted molar refractivity (Wildman–Crippen MR) is 75.2 cm³/mol. The van der Waals surface area contributed by atoms with E-state index >= 15 is 0 Å². The minimum Gasteiger partial charge on any atom is -0.265 e. The predicted octanol–water partition coefficient (Wildman–Crippen LogP) is 3.39. The second-order valence-corrected chi connectivity index (χ2v) is 5.76. The largest absolute Gasteiger partial charge is 0.313 e. The molecule has 0 aliphatic carbocycles. The molecular formula is C12H20BrN3O2. The van der Waals surface area contributed by atoms with E-state index in [1.165, 1.54) is 0 Å². The van der Waals surface area contributed by atoms with Crippen molar-refractivity contribution in [2.75, 3.05) is 0 Å². The Bertz CT molecular complexity index is 418. The third-order valence-corrected chi connectivity index (χ3v) is 3.68. The fraction of sp³-hybridized carbons (Fsp3) is 0.750. The van der Waals surface area contributed by atoms with Crippen molar-refractivity contribution in [2.24, 2.45) is 7.05 Å². The summed E-state index contributed by atoms with van der Waals surface area (Å²) in [5, 5.41) is 15.5. The van der Waals surface area contributed by atoms with E-state index in [0.717, 1.165) is 25.0 Å². The van der Waals surface area contributed by atoms with Gasteiger partial charge in [-0.1, -0.05) is 42.6 Å². The molecule has 6 heteroatoms. The number of aromatic nitrogens is 2. The third-order valence-electron chi connectivity index (χ3n) is 2.89. The molecule has 0 saturated heterocycles. The molecule has 0 aromatic carbocycles. The number of nitrogens with zero attached hydrogens (tertiary/aromatic N) is 3. The molecule has 1 aromatic heterocycles. The first kappa shape index (κ1) is 15.1. The Hall–Kier alpha value is -0.910. The second kappa shape index (κ2) is 6.87. The molecule has 102 valence electrons. The van der Waals surface area contributed by atoms with Crippen molar-refractivity contribution >= 4 is 21.6 Å². The summed E-state index contributed by atoms with van der Waals surface area (Å²) >= 11 is 3.58. The molecule has 0 bridgehead atoms. The zero-order valence-corrected chi connectivity index (χ0v) is 12.7. The van der Waals surface area contributed by atoms with Gasteiger partial charge in [0.2, 0.25) is 0 Å². The quantitative estimate of drug-likeness (QED) is 0.440. The van der Waals surface area contributed by atoms with Crippen molar-refractivity contribution in [3.05, 3.63) is 21.5 Å². The summed E-state index contributed by atoms with van der Waals surface area (Å²) in [5.74, 6) is 0. The number of halogens is 1. The normalized spacial score (nSPS) is 12.7. The van der Waals surface area contributed by atoms with Crippen LogP contribution in [-0.4, -0.2) is 19.5 Å². The highest BCUT2D eigenvalue weighted by atomic mass is 79.9. The Morgan fingerprint density at radius 1 is 1.44 bits per heavy atom. The van der Waals surface area contributed by atoms with Crippen molar-refractivity contribution in [3.8, 4) is 0 Å². The molecule has 1 unspecified atom stereocenters. The van der Waals surface area contributed by atoms with Crippen LogP contribution in [0, 0.1) is 10.1 Å². The van der Waals surface area contributed by atoms with Gasteiger partial charge in [-0.3, -0.25) is 14.8 Å². The molecule has 0 saturated carbocycles. The van der Waals surface area contributed by atoms with Crippen molar-refractivity contribution < 1.29 is 4.92 Å². The van der Waals surface area contributed by atoms with Gasteiger partial charge in [-0.05, 0) is 12.8 Å². The number of hydrogen-bond donors (Lipinski definition) is 0. The van der Waals surface area contributed by atoms with Crippen LogP contribution in [0.3, 0.4) is 0 Å². The fourth-order valence-corrected chi connectivity index (χ4v) is 2.84. The van der Waals surface area contributed by atoms with Crippen LogP contribution in [-0.2, 0) is 19.9 Å². The van der Waals surface area contributed by atoms with Gasteiger partial charge in [-0.25, -0.2) is 0 Å². The molecule has 0 N–H and O–H groups in total. The highest BCUT2D eigenvalue weighted by Gasteiger charge is 2.26. The molecule has 0 fully saturated rings. The van der Waals surface area contributed by atoms with Crippen LogP contribution in [0.1, 0.15) is 44.5 Å².